The lowest BCUT2D eigenvalue weighted by Crippen LogP contribution is -2.19. The summed E-state index contributed by atoms with van der Waals surface area (Å²) in [5.41, 5.74) is 0.774. The van der Waals surface area contributed by atoms with Crippen molar-refractivity contribution in [3.8, 4) is 0 Å². The van der Waals surface area contributed by atoms with Gasteiger partial charge >= 0.3 is 0 Å². The van der Waals surface area contributed by atoms with Crippen molar-refractivity contribution in [2.45, 2.75) is 0 Å². The Labute approximate surface area is 146 Å². The molecule has 0 spiro atoms. The second-order valence-corrected chi connectivity index (χ2v) is 6.19. The number of nitro groups is 1. The van der Waals surface area contributed by atoms with Crippen molar-refractivity contribution >= 4 is 51.9 Å². The molecule has 2 aromatic rings. The third-order valence-corrected chi connectivity index (χ3v) is 4.40. The summed E-state index contributed by atoms with van der Waals surface area (Å²) in [5, 5.41) is 14.4. The highest BCUT2D eigenvalue weighted by Crippen LogP contribution is 2.32. The van der Waals surface area contributed by atoms with Crippen LogP contribution in [0.4, 0.5) is 11.4 Å². The number of amides is 1. The van der Waals surface area contributed by atoms with E-state index in [1.165, 1.54) is 12.1 Å². The van der Waals surface area contributed by atoms with Gasteiger partial charge in [0.1, 0.15) is 5.69 Å². The molecule has 0 saturated carbocycles. The van der Waals surface area contributed by atoms with Crippen LogP contribution in [-0.2, 0) is 4.79 Å². The first kappa shape index (κ1) is 16.2. The van der Waals surface area contributed by atoms with Gasteiger partial charge in [0, 0.05) is 11.1 Å². The molecule has 6 nitrogen and oxygen atoms in total. The van der Waals surface area contributed by atoms with Crippen molar-refractivity contribution in [1.82, 2.24) is 5.32 Å². The topological polar surface area (TPSA) is 84.6 Å². The third-order valence-electron chi connectivity index (χ3n) is 3.14. The van der Waals surface area contributed by atoms with E-state index < -0.39 is 4.92 Å². The van der Waals surface area contributed by atoms with Crippen LogP contribution >= 0.6 is 23.4 Å². The van der Waals surface area contributed by atoms with Gasteiger partial charge in [0.25, 0.3) is 11.6 Å². The van der Waals surface area contributed by atoms with E-state index in [1.807, 2.05) is 6.07 Å². The van der Waals surface area contributed by atoms with Gasteiger partial charge < -0.3 is 5.32 Å². The number of halogens is 1. The fraction of sp³-hybridized carbons (Fsp3) is 0. The molecule has 0 atom stereocenters. The second kappa shape index (κ2) is 6.86. The van der Waals surface area contributed by atoms with E-state index in [0.717, 1.165) is 11.8 Å². The number of rotatable bonds is 3. The zero-order valence-corrected chi connectivity index (χ0v) is 13.7. The van der Waals surface area contributed by atoms with Gasteiger partial charge in [-0.3, -0.25) is 14.9 Å². The van der Waals surface area contributed by atoms with Gasteiger partial charge in [0.2, 0.25) is 0 Å². The van der Waals surface area contributed by atoms with Gasteiger partial charge in [-0.15, -0.1) is 0 Å². The number of hydrogen-bond acceptors (Lipinski definition) is 5. The van der Waals surface area contributed by atoms with Crippen molar-refractivity contribution in [2.24, 2.45) is 4.99 Å². The van der Waals surface area contributed by atoms with Crippen LogP contribution < -0.4 is 5.32 Å². The lowest BCUT2D eigenvalue weighted by atomic mass is 10.2. The van der Waals surface area contributed by atoms with Crippen LogP contribution in [-0.4, -0.2) is 16.0 Å². The highest BCUT2D eigenvalue weighted by atomic mass is 35.5. The monoisotopic (exact) mass is 359 g/mol. The molecule has 1 fully saturated rings. The molecule has 1 amide bonds. The van der Waals surface area contributed by atoms with E-state index >= 15 is 0 Å². The number of carbonyl (C=O) groups excluding carboxylic acids is 1. The molecule has 1 aliphatic heterocycles. The summed E-state index contributed by atoms with van der Waals surface area (Å²) in [5.74, 6) is -0.322. The Morgan fingerprint density at radius 3 is 2.62 bits per heavy atom. The second-order valence-electron chi connectivity index (χ2n) is 4.75. The highest BCUT2D eigenvalue weighted by molar-refractivity contribution is 8.18. The molecule has 8 heteroatoms. The maximum absolute atomic E-state index is 12.1. The number of para-hydroxylation sites is 2. The van der Waals surface area contributed by atoms with Crippen LogP contribution in [0.2, 0.25) is 5.02 Å². The number of nitrogens with one attached hydrogen (secondary N) is 1. The zero-order valence-electron chi connectivity index (χ0n) is 12.1. The maximum Gasteiger partial charge on any atom is 0.294 e. The molecule has 1 N–H and O–H groups in total. The van der Waals surface area contributed by atoms with Crippen molar-refractivity contribution in [2.75, 3.05) is 0 Å². The maximum atomic E-state index is 12.1. The number of thioether (sulfide) groups is 1. The van der Waals surface area contributed by atoms with E-state index in [1.54, 1.807) is 36.4 Å². The van der Waals surface area contributed by atoms with Gasteiger partial charge in [0.15, 0.2) is 5.17 Å². The SMILES string of the molecule is O=C1NC(=Nc2ccccc2[N+](=O)[O-])S/C1=C\c1ccccc1Cl. The van der Waals surface area contributed by atoms with Crippen LogP contribution in [0.3, 0.4) is 0 Å². The summed E-state index contributed by atoms with van der Waals surface area (Å²) >= 11 is 7.19. The minimum Gasteiger partial charge on any atom is -0.300 e. The first-order valence-electron chi connectivity index (χ1n) is 6.82. The quantitative estimate of drug-likeness (QED) is 0.507. The van der Waals surface area contributed by atoms with E-state index in [4.69, 9.17) is 11.6 Å². The number of carbonyl (C=O) groups is 1. The first-order valence-corrected chi connectivity index (χ1v) is 8.01. The van der Waals surface area contributed by atoms with E-state index in [0.29, 0.717) is 15.5 Å². The number of nitrogens with zero attached hydrogens (tertiary/aromatic N) is 2. The van der Waals surface area contributed by atoms with Gasteiger partial charge in [-0.2, -0.15) is 0 Å². The lowest BCUT2D eigenvalue weighted by Gasteiger charge is -1.98. The Hall–Kier alpha value is -2.64. The van der Waals surface area contributed by atoms with Crippen LogP contribution in [0.1, 0.15) is 5.56 Å². The van der Waals surface area contributed by atoms with Gasteiger partial charge in [-0.05, 0) is 35.5 Å². The van der Waals surface area contributed by atoms with Gasteiger partial charge in [0.05, 0.1) is 9.83 Å². The van der Waals surface area contributed by atoms with Crippen molar-refractivity contribution in [1.29, 1.82) is 0 Å². The van der Waals surface area contributed by atoms with Crippen molar-refractivity contribution < 1.29 is 9.72 Å². The van der Waals surface area contributed by atoms with Crippen LogP contribution in [0.5, 0.6) is 0 Å². The summed E-state index contributed by atoms with van der Waals surface area (Å²) in [4.78, 5) is 27.2. The molecule has 0 radical (unpaired) electrons. The minimum atomic E-state index is -0.513. The summed E-state index contributed by atoms with van der Waals surface area (Å²) in [6.45, 7) is 0. The number of nitro benzene ring substituents is 1. The van der Waals surface area contributed by atoms with Crippen LogP contribution in [0.15, 0.2) is 58.4 Å². The van der Waals surface area contributed by atoms with E-state index in [2.05, 4.69) is 10.3 Å². The third kappa shape index (κ3) is 3.47. The first-order chi connectivity index (χ1) is 11.5. The Kier molecular flexibility index (Phi) is 4.64. The molecule has 0 bridgehead atoms. The molecule has 120 valence electrons. The zero-order chi connectivity index (χ0) is 17.1. The Morgan fingerprint density at radius 1 is 1.17 bits per heavy atom. The Morgan fingerprint density at radius 2 is 1.88 bits per heavy atom. The molecule has 0 aromatic heterocycles. The summed E-state index contributed by atoms with van der Waals surface area (Å²) in [7, 11) is 0. The molecule has 24 heavy (non-hydrogen) atoms. The predicted molar refractivity (Wildman–Crippen MR) is 95.4 cm³/mol. The van der Waals surface area contributed by atoms with Crippen LogP contribution in [0.25, 0.3) is 6.08 Å². The van der Waals surface area contributed by atoms with Gasteiger partial charge in [-0.1, -0.05) is 41.9 Å². The fourth-order valence-electron chi connectivity index (χ4n) is 2.04. The smallest absolute Gasteiger partial charge is 0.294 e. The molecule has 1 heterocycles. The average Bonchev–Trinajstić information content (AvgIpc) is 2.89. The minimum absolute atomic E-state index is 0.122. The lowest BCUT2D eigenvalue weighted by molar-refractivity contribution is -0.384. The summed E-state index contributed by atoms with van der Waals surface area (Å²) in [6, 6.07) is 13.2. The standard InChI is InChI=1S/C16H10ClN3O3S/c17-11-6-2-1-5-10(11)9-14-15(21)19-16(24-14)18-12-7-3-4-8-13(12)20(22)23/h1-9H,(H,18,19,21)/b14-9-. The van der Waals surface area contributed by atoms with Crippen LogP contribution in [0, 0.1) is 10.1 Å². The molecular formula is C16H10ClN3O3S. The molecule has 0 aliphatic carbocycles. The van der Waals surface area contributed by atoms with Gasteiger partial charge in [-0.25, -0.2) is 4.99 Å². The largest absolute Gasteiger partial charge is 0.300 e. The van der Waals surface area contributed by atoms with E-state index in [-0.39, 0.29) is 22.4 Å². The molecule has 1 saturated heterocycles. The summed E-state index contributed by atoms with van der Waals surface area (Å²) in [6.07, 6.45) is 1.66. The number of benzene rings is 2. The van der Waals surface area contributed by atoms with E-state index in [9.17, 15) is 14.9 Å². The predicted octanol–water partition coefficient (Wildman–Crippen LogP) is 4.14. The highest BCUT2D eigenvalue weighted by Gasteiger charge is 2.25. The molecule has 3 rings (SSSR count). The number of hydrogen-bond donors (Lipinski definition) is 1. The normalized spacial score (nSPS) is 17.3. The summed E-state index contributed by atoms with van der Waals surface area (Å²) < 4.78 is 0. The number of aliphatic imine (C=N–C) groups is 1. The van der Waals surface area contributed by atoms with Crippen molar-refractivity contribution in [3.63, 3.8) is 0 Å². The molecule has 1 aliphatic rings. The number of amidine groups is 1. The average molecular weight is 360 g/mol. The Balaban J connectivity index is 1.91. The fourth-order valence-corrected chi connectivity index (χ4v) is 3.05. The molecule has 2 aromatic carbocycles. The molecular weight excluding hydrogens is 350 g/mol. The van der Waals surface area contributed by atoms with Crippen molar-refractivity contribution in [3.05, 3.63) is 74.1 Å². The Bertz CT molecular complexity index is 896. The molecule has 0 unspecified atom stereocenters.